The number of nitrogens with zero attached hydrogens (tertiary/aromatic N) is 3. The fourth-order valence-electron chi connectivity index (χ4n) is 2.66. The summed E-state index contributed by atoms with van der Waals surface area (Å²) >= 11 is 3.94. The predicted molar refractivity (Wildman–Crippen MR) is 100 cm³/mol. The Morgan fingerprint density at radius 3 is 2.50 bits per heavy atom. The van der Waals surface area contributed by atoms with Crippen molar-refractivity contribution in [2.45, 2.75) is 32.7 Å². The van der Waals surface area contributed by atoms with Gasteiger partial charge in [0.25, 0.3) is 0 Å². The van der Waals surface area contributed by atoms with Crippen LogP contribution in [0.2, 0.25) is 0 Å². The number of aromatic nitrogens is 1. The van der Waals surface area contributed by atoms with Crippen molar-refractivity contribution in [2.75, 3.05) is 44.2 Å². The Hall–Kier alpha value is -1.00. The number of anilines is 1. The third kappa shape index (κ3) is 7.71. The SMILES string of the molecule is [CH-]=CCN1CCN(c2cccc(CCNC(C)(C)C)n2)CC1.[CH2]=[Cu]. The second kappa shape index (κ2) is 10.8. The van der Waals surface area contributed by atoms with Gasteiger partial charge in [0.15, 0.2) is 0 Å². The zero-order valence-corrected chi connectivity index (χ0v) is 16.1. The second-order valence-electron chi connectivity index (χ2n) is 6.94. The molecular formula is C19H31CuN4-. The molecule has 0 saturated carbocycles. The summed E-state index contributed by atoms with van der Waals surface area (Å²) in [4.78, 5) is 9.56. The van der Waals surface area contributed by atoms with Gasteiger partial charge in [0.05, 0.1) is 0 Å². The molecule has 0 bridgehead atoms. The second-order valence-corrected chi connectivity index (χ2v) is 6.94. The molecule has 1 N–H and O–H groups in total. The van der Waals surface area contributed by atoms with E-state index in [-0.39, 0.29) is 5.54 Å². The molecule has 1 fully saturated rings. The molecule has 0 atom stereocenters. The van der Waals surface area contributed by atoms with E-state index >= 15 is 0 Å². The van der Waals surface area contributed by atoms with Gasteiger partial charge in [-0.05, 0) is 39.4 Å². The number of hydrogen-bond acceptors (Lipinski definition) is 4. The average molecular weight is 379 g/mol. The molecule has 0 amide bonds. The van der Waals surface area contributed by atoms with E-state index < -0.39 is 0 Å². The zero-order valence-electron chi connectivity index (χ0n) is 15.2. The standard InChI is InChI=1S/C18H29N4.CH2.Cu/c1-5-11-21-12-14-22(15-13-21)17-8-6-7-16(20-17)9-10-19-18(2,3)4;;/h1,5-8,19H,9-15H2,2-4H3;1H2;/q-1;;. The molecule has 5 heteroatoms. The van der Waals surface area contributed by atoms with Gasteiger partial charge in [-0.2, -0.15) is 0 Å². The quantitative estimate of drug-likeness (QED) is 0.606. The van der Waals surface area contributed by atoms with Gasteiger partial charge < -0.3 is 16.8 Å². The molecule has 1 aliphatic rings. The summed E-state index contributed by atoms with van der Waals surface area (Å²) < 4.78 is 0. The van der Waals surface area contributed by atoms with Gasteiger partial charge in [-0.25, -0.2) is 4.98 Å². The molecule has 2 rings (SSSR count). The van der Waals surface area contributed by atoms with Crippen molar-refractivity contribution in [3.63, 3.8) is 0 Å². The van der Waals surface area contributed by atoms with Crippen LogP contribution in [0, 0.1) is 6.58 Å². The first-order chi connectivity index (χ1) is 11.5. The molecular weight excluding hydrogens is 348 g/mol. The molecule has 1 saturated heterocycles. The summed E-state index contributed by atoms with van der Waals surface area (Å²) in [6, 6.07) is 6.35. The third-order valence-corrected chi connectivity index (χ3v) is 3.89. The maximum absolute atomic E-state index is 5.50. The van der Waals surface area contributed by atoms with E-state index in [1.54, 1.807) is 6.08 Å². The van der Waals surface area contributed by atoms with Gasteiger partial charge in [-0.3, -0.25) is 11.0 Å². The summed E-state index contributed by atoms with van der Waals surface area (Å²) in [5.41, 5.74) is 4.13. The Bertz CT molecular complexity index is 490. The van der Waals surface area contributed by atoms with Gasteiger partial charge in [0, 0.05) is 50.4 Å². The maximum atomic E-state index is 5.50. The van der Waals surface area contributed by atoms with E-state index in [0.29, 0.717) is 0 Å². The Morgan fingerprint density at radius 1 is 1.25 bits per heavy atom. The molecule has 4 nitrogen and oxygen atoms in total. The van der Waals surface area contributed by atoms with E-state index in [9.17, 15) is 0 Å². The summed E-state index contributed by atoms with van der Waals surface area (Å²) in [6.45, 7) is 18.0. The first-order valence-electron chi connectivity index (χ1n) is 8.41. The van der Waals surface area contributed by atoms with Crippen LogP contribution in [0.4, 0.5) is 5.82 Å². The fourth-order valence-corrected chi connectivity index (χ4v) is 2.66. The Kier molecular flexibility index (Phi) is 9.45. The zero-order chi connectivity index (χ0) is 18.0. The summed E-state index contributed by atoms with van der Waals surface area (Å²) in [5, 5.41) is 3.51. The molecule has 0 spiro atoms. The molecule has 0 radical (unpaired) electrons. The normalized spacial score (nSPS) is 15.6. The first-order valence-corrected chi connectivity index (χ1v) is 9.07. The third-order valence-electron chi connectivity index (χ3n) is 3.89. The van der Waals surface area contributed by atoms with Crippen LogP contribution in [-0.4, -0.2) is 60.1 Å². The number of rotatable bonds is 6. The van der Waals surface area contributed by atoms with Crippen LogP contribution in [0.3, 0.4) is 0 Å². The van der Waals surface area contributed by atoms with Crippen molar-refractivity contribution in [1.29, 1.82) is 0 Å². The summed E-state index contributed by atoms with van der Waals surface area (Å²) in [6.07, 6.45) is 2.70. The van der Waals surface area contributed by atoms with E-state index in [0.717, 1.165) is 57.2 Å². The Labute approximate surface area is 155 Å². The Morgan fingerprint density at radius 2 is 1.92 bits per heavy atom. The van der Waals surface area contributed by atoms with Crippen LogP contribution in [0.25, 0.3) is 0 Å². The van der Waals surface area contributed by atoms with E-state index in [2.05, 4.69) is 75.1 Å². The van der Waals surface area contributed by atoms with Crippen LogP contribution < -0.4 is 10.2 Å². The predicted octanol–water partition coefficient (Wildman–Crippen LogP) is 2.09. The monoisotopic (exact) mass is 378 g/mol. The molecule has 2 heterocycles. The van der Waals surface area contributed by atoms with Gasteiger partial charge in [-0.1, -0.05) is 6.07 Å². The summed E-state index contributed by atoms with van der Waals surface area (Å²) in [5.74, 6) is 1.10. The van der Waals surface area contributed by atoms with Gasteiger partial charge in [0.1, 0.15) is 5.82 Å². The van der Waals surface area contributed by atoms with Gasteiger partial charge in [0.2, 0.25) is 0 Å². The van der Waals surface area contributed by atoms with Gasteiger partial charge >= 0.3 is 21.0 Å². The molecule has 0 unspecified atom stereocenters. The summed E-state index contributed by atoms with van der Waals surface area (Å²) in [7, 11) is 0. The van der Waals surface area contributed by atoms with E-state index in [1.807, 2.05) is 0 Å². The van der Waals surface area contributed by atoms with Crippen molar-refractivity contribution < 1.29 is 15.6 Å². The number of piperazine rings is 1. The average Bonchev–Trinajstić information content (AvgIpc) is 2.57. The molecule has 139 valence electrons. The van der Waals surface area contributed by atoms with Crippen molar-refractivity contribution in [3.8, 4) is 0 Å². The van der Waals surface area contributed by atoms with Crippen LogP contribution >= 0.6 is 0 Å². The minimum absolute atomic E-state index is 0.161. The van der Waals surface area contributed by atoms with Crippen LogP contribution in [0.1, 0.15) is 26.5 Å². The molecule has 0 aliphatic carbocycles. The Balaban J connectivity index is 0.00000139. The first kappa shape index (κ1) is 21.0. The van der Waals surface area contributed by atoms with Crippen molar-refractivity contribution >= 4 is 11.2 Å². The number of hydrogen-bond donors (Lipinski definition) is 1. The fraction of sp³-hybridized carbons (Fsp3) is 0.579. The van der Waals surface area contributed by atoms with Gasteiger partial charge in [-0.15, -0.1) is 0 Å². The van der Waals surface area contributed by atoms with Crippen LogP contribution in [0.15, 0.2) is 24.3 Å². The van der Waals surface area contributed by atoms with Crippen molar-refractivity contribution in [2.24, 2.45) is 0 Å². The molecule has 0 aromatic carbocycles. The number of nitrogens with one attached hydrogen (secondary N) is 1. The van der Waals surface area contributed by atoms with Crippen LogP contribution in [0.5, 0.6) is 0 Å². The molecule has 1 aliphatic heterocycles. The molecule has 1 aromatic rings. The van der Waals surface area contributed by atoms with Crippen molar-refractivity contribution in [3.05, 3.63) is 36.5 Å². The van der Waals surface area contributed by atoms with E-state index in [4.69, 9.17) is 11.6 Å². The van der Waals surface area contributed by atoms with Crippen LogP contribution in [-0.2, 0) is 22.0 Å². The topological polar surface area (TPSA) is 31.4 Å². The molecule has 24 heavy (non-hydrogen) atoms. The van der Waals surface area contributed by atoms with E-state index in [1.165, 1.54) is 0 Å². The number of pyridine rings is 1. The molecule has 1 aromatic heterocycles. The van der Waals surface area contributed by atoms with Crippen molar-refractivity contribution in [1.82, 2.24) is 15.2 Å². The minimum atomic E-state index is 0.161.